The number of aliphatic hydroxyl groups is 2. The zero-order valence-electron chi connectivity index (χ0n) is 5.55. The molecular weight excluding hydrogens is 120 g/mol. The zero-order chi connectivity index (χ0) is 7.07. The first-order valence-electron chi connectivity index (χ1n) is 2.92. The molecule has 1 heterocycles. The summed E-state index contributed by atoms with van der Waals surface area (Å²) in [7, 11) is 0. The van der Waals surface area contributed by atoms with E-state index in [9.17, 15) is 0 Å². The van der Waals surface area contributed by atoms with Gasteiger partial charge in [-0.2, -0.15) is 0 Å². The van der Waals surface area contributed by atoms with Crippen LogP contribution in [0.25, 0.3) is 0 Å². The van der Waals surface area contributed by atoms with Crippen LogP contribution in [-0.2, 0) is 0 Å². The highest BCUT2D eigenvalue weighted by Gasteiger charge is 2.36. The van der Waals surface area contributed by atoms with E-state index in [-0.39, 0.29) is 0 Å². The Bertz CT molecular complexity index is 116. The summed E-state index contributed by atoms with van der Waals surface area (Å²) in [6.07, 6.45) is -1.46. The van der Waals surface area contributed by atoms with E-state index in [4.69, 9.17) is 10.2 Å². The van der Waals surface area contributed by atoms with Gasteiger partial charge >= 0.3 is 0 Å². The van der Waals surface area contributed by atoms with Crippen molar-refractivity contribution in [3.05, 3.63) is 0 Å². The van der Waals surface area contributed by atoms with E-state index in [0.717, 1.165) is 0 Å². The Morgan fingerprint density at radius 2 is 1.89 bits per heavy atom. The van der Waals surface area contributed by atoms with E-state index in [1.165, 1.54) is 0 Å². The fraction of sp³-hybridized carbons (Fsp3) is 1.00. The van der Waals surface area contributed by atoms with Crippen LogP contribution < -0.4 is 10.6 Å². The molecular formula is C5H12N2O2. The second kappa shape index (κ2) is 1.91. The van der Waals surface area contributed by atoms with Crippen LogP contribution in [-0.4, -0.2) is 28.3 Å². The molecule has 2 atom stereocenters. The Morgan fingerprint density at radius 3 is 2.00 bits per heavy atom. The Kier molecular flexibility index (Phi) is 1.48. The summed E-state index contributed by atoms with van der Waals surface area (Å²) >= 11 is 0. The van der Waals surface area contributed by atoms with Gasteiger partial charge in [-0.1, -0.05) is 0 Å². The number of aliphatic hydroxyl groups excluding tert-OH is 2. The minimum atomic E-state index is -0.782. The lowest BCUT2D eigenvalue weighted by Crippen LogP contribution is -2.43. The van der Waals surface area contributed by atoms with Crippen molar-refractivity contribution in [2.75, 3.05) is 0 Å². The monoisotopic (exact) mass is 132 g/mol. The summed E-state index contributed by atoms with van der Waals surface area (Å²) < 4.78 is 0. The Labute approximate surface area is 53.9 Å². The Morgan fingerprint density at radius 1 is 1.33 bits per heavy atom. The molecule has 9 heavy (non-hydrogen) atoms. The van der Waals surface area contributed by atoms with Gasteiger partial charge in [0, 0.05) is 0 Å². The fourth-order valence-electron chi connectivity index (χ4n) is 0.831. The number of rotatable bonds is 0. The summed E-state index contributed by atoms with van der Waals surface area (Å²) in [5, 5.41) is 23.2. The van der Waals surface area contributed by atoms with E-state index in [0.29, 0.717) is 0 Å². The van der Waals surface area contributed by atoms with Crippen LogP contribution in [0.3, 0.4) is 0 Å². The quantitative estimate of drug-likeness (QED) is 0.326. The van der Waals surface area contributed by atoms with Crippen molar-refractivity contribution in [2.24, 2.45) is 0 Å². The predicted octanol–water partition coefficient (Wildman–Crippen LogP) is -1.45. The maximum atomic E-state index is 9.09. The second-order valence-corrected chi connectivity index (χ2v) is 2.84. The van der Waals surface area contributed by atoms with Crippen LogP contribution >= 0.6 is 0 Å². The van der Waals surface area contributed by atoms with E-state index in [1.54, 1.807) is 13.8 Å². The average molecular weight is 132 g/mol. The molecule has 0 aromatic carbocycles. The first-order chi connectivity index (χ1) is 4.02. The maximum absolute atomic E-state index is 9.09. The lowest BCUT2D eigenvalue weighted by Gasteiger charge is -2.20. The van der Waals surface area contributed by atoms with Crippen molar-refractivity contribution in [1.29, 1.82) is 0 Å². The lowest BCUT2D eigenvalue weighted by atomic mass is 10.1. The van der Waals surface area contributed by atoms with Crippen LogP contribution in [0.15, 0.2) is 0 Å². The molecule has 0 aromatic rings. The fourth-order valence-corrected chi connectivity index (χ4v) is 0.831. The minimum Gasteiger partial charge on any atom is -0.377 e. The van der Waals surface area contributed by atoms with E-state index in [1.807, 2.05) is 0 Å². The van der Waals surface area contributed by atoms with Crippen molar-refractivity contribution >= 4 is 0 Å². The molecule has 1 aliphatic heterocycles. The van der Waals surface area contributed by atoms with Gasteiger partial charge in [-0.15, -0.1) is 0 Å². The van der Waals surface area contributed by atoms with Gasteiger partial charge in [-0.3, -0.25) is 10.6 Å². The number of nitrogens with one attached hydrogen (secondary N) is 2. The average Bonchev–Trinajstić information content (AvgIpc) is 1.79. The molecule has 1 rings (SSSR count). The molecule has 1 saturated heterocycles. The summed E-state index contributed by atoms with van der Waals surface area (Å²) in [6.45, 7) is 3.61. The summed E-state index contributed by atoms with van der Waals surface area (Å²) in [5.41, 5.74) is -0.431. The number of hydrogen-bond acceptors (Lipinski definition) is 4. The summed E-state index contributed by atoms with van der Waals surface area (Å²) in [6, 6.07) is 0. The smallest absolute Gasteiger partial charge is 0.163 e. The van der Waals surface area contributed by atoms with Crippen molar-refractivity contribution < 1.29 is 10.2 Å². The van der Waals surface area contributed by atoms with Gasteiger partial charge in [0.25, 0.3) is 0 Å². The normalized spacial score (nSPS) is 41.3. The molecule has 54 valence electrons. The van der Waals surface area contributed by atoms with E-state index in [2.05, 4.69) is 10.6 Å². The predicted molar refractivity (Wildman–Crippen MR) is 32.4 cm³/mol. The van der Waals surface area contributed by atoms with Crippen LogP contribution in [0.4, 0.5) is 0 Å². The van der Waals surface area contributed by atoms with Crippen molar-refractivity contribution in [2.45, 2.75) is 32.0 Å². The first-order valence-corrected chi connectivity index (χ1v) is 2.92. The molecule has 0 spiro atoms. The van der Waals surface area contributed by atoms with Crippen molar-refractivity contribution in [3.8, 4) is 0 Å². The first kappa shape index (κ1) is 6.95. The molecule has 1 aliphatic rings. The highest BCUT2D eigenvalue weighted by molar-refractivity contribution is 4.90. The maximum Gasteiger partial charge on any atom is 0.163 e. The Balaban J connectivity index is 2.58. The van der Waals surface area contributed by atoms with Crippen LogP contribution in [0, 0.1) is 0 Å². The van der Waals surface area contributed by atoms with Crippen LogP contribution in [0.2, 0.25) is 0 Å². The molecule has 0 aromatic heterocycles. The molecule has 0 saturated carbocycles. The van der Waals surface area contributed by atoms with Crippen LogP contribution in [0.5, 0.6) is 0 Å². The van der Waals surface area contributed by atoms with Crippen molar-refractivity contribution in [3.63, 3.8) is 0 Å². The summed E-state index contributed by atoms with van der Waals surface area (Å²) in [4.78, 5) is 0. The van der Waals surface area contributed by atoms with Gasteiger partial charge in [0.1, 0.15) is 6.23 Å². The molecule has 1 fully saturated rings. The number of hydrogen-bond donors (Lipinski definition) is 4. The second-order valence-electron chi connectivity index (χ2n) is 2.84. The van der Waals surface area contributed by atoms with Gasteiger partial charge in [-0.25, -0.2) is 0 Å². The van der Waals surface area contributed by atoms with E-state index >= 15 is 0 Å². The van der Waals surface area contributed by atoms with Gasteiger partial charge in [0.15, 0.2) is 6.35 Å². The third-order valence-electron chi connectivity index (χ3n) is 1.51. The largest absolute Gasteiger partial charge is 0.377 e. The molecule has 4 heteroatoms. The molecule has 0 bridgehead atoms. The molecule has 0 radical (unpaired) electrons. The zero-order valence-corrected chi connectivity index (χ0v) is 5.55. The third kappa shape index (κ3) is 1.21. The molecule has 2 unspecified atom stereocenters. The standard InChI is InChI=1S/C5H12N2O2/c1-5(2)3(8)6-4(9)7-5/h3-4,6-9H,1-2H3. The molecule has 0 aliphatic carbocycles. The van der Waals surface area contributed by atoms with Gasteiger partial charge < -0.3 is 10.2 Å². The highest BCUT2D eigenvalue weighted by atomic mass is 16.3. The lowest BCUT2D eigenvalue weighted by molar-refractivity contribution is 0.0817. The Hall–Kier alpha value is -0.160. The summed E-state index contributed by atoms with van der Waals surface area (Å²) in [5.74, 6) is 0. The van der Waals surface area contributed by atoms with Crippen LogP contribution in [0.1, 0.15) is 13.8 Å². The van der Waals surface area contributed by atoms with E-state index < -0.39 is 18.1 Å². The topological polar surface area (TPSA) is 64.5 Å². The van der Waals surface area contributed by atoms with Gasteiger partial charge in [-0.05, 0) is 13.8 Å². The minimum absolute atomic E-state index is 0.431. The highest BCUT2D eigenvalue weighted by Crippen LogP contribution is 2.12. The molecule has 4 nitrogen and oxygen atoms in total. The molecule has 4 N–H and O–H groups in total. The SMILES string of the molecule is CC1(C)NC(O)NC1O. The van der Waals surface area contributed by atoms with Gasteiger partial charge in [0.05, 0.1) is 5.54 Å². The third-order valence-corrected chi connectivity index (χ3v) is 1.51. The van der Waals surface area contributed by atoms with Crippen molar-refractivity contribution in [1.82, 2.24) is 10.6 Å². The van der Waals surface area contributed by atoms with Gasteiger partial charge in [0.2, 0.25) is 0 Å². The molecule has 0 amide bonds.